The second-order valence-electron chi connectivity index (χ2n) is 6.33. The SMILES string of the molecule is O=S(=O)(NC1C2C3CCC(C3)C12)c1c(F)cc(F)cc1Br. The number of benzene rings is 1. The number of halogens is 3. The third-order valence-corrected chi connectivity index (χ3v) is 7.68. The fourth-order valence-electron chi connectivity index (χ4n) is 4.51. The van der Waals surface area contributed by atoms with Crippen LogP contribution in [0.15, 0.2) is 21.5 Å². The second kappa shape index (κ2) is 4.49. The number of rotatable bonds is 3. The van der Waals surface area contributed by atoms with E-state index < -0.39 is 26.6 Å². The fraction of sp³-hybridized carbons (Fsp3) is 0.571. The van der Waals surface area contributed by atoms with Crippen LogP contribution in [0.2, 0.25) is 0 Å². The normalized spacial score (nSPS) is 36.8. The molecule has 3 saturated carbocycles. The Morgan fingerprint density at radius 3 is 2.33 bits per heavy atom. The molecular weight excluding hydrogens is 364 g/mol. The second-order valence-corrected chi connectivity index (χ2v) is 8.84. The van der Waals surface area contributed by atoms with Gasteiger partial charge in [-0.2, -0.15) is 0 Å². The van der Waals surface area contributed by atoms with Crippen LogP contribution in [-0.2, 0) is 10.0 Å². The average molecular weight is 378 g/mol. The first-order chi connectivity index (χ1) is 9.88. The molecule has 114 valence electrons. The van der Waals surface area contributed by atoms with Crippen LogP contribution in [0.4, 0.5) is 8.78 Å². The molecule has 3 aliphatic rings. The zero-order valence-electron chi connectivity index (χ0n) is 11.0. The maximum Gasteiger partial charge on any atom is 0.244 e. The molecule has 3 nitrogen and oxygen atoms in total. The van der Waals surface area contributed by atoms with Crippen molar-refractivity contribution in [3.05, 3.63) is 28.2 Å². The molecule has 0 saturated heterocycles. The van der Waals surface area contributed by atoms with Gasteiger partial charge < -0.3 is 0 Å². The summed E-state index contributed by atoms with van der Waals surface area (Å²) >= 11 is 2.94. The molecule has 1 aromatic carbocycles. The van der Waals surface area contributed by atoms with E-state index in [0.717, 1.165) is 6.07 Å². The zero-order chi connectivity index (χ0) is 14.9. The van der Waals surface area contributed by atoms with E-state index in [4.69, 9.17) is 0 Å². The fourth-order valence-corrected chi connectivity index (χ4v) is 6.98. The first kappa shape index (κ1) is 14.1. The summed E-state index contributed by atoms with van der Waals surface area (Å²) in [6.45, 7) is 0. The van der Waals surface area contributed by atoms with Crippen LogP contribution >= 0.6 is 15.9 Å². The standard InChI is InChI=1S/C14H14BrF2NO2S/c15-9-4-8(16)5-10(17)14(9)21(19,20)18-13-11-6-1-2-7(3-6)12(11)13/h4-7,11-13,18H,1-3H2. The maximum absolute atomic E-state index is 13.8. The molecule has 1 aromatic rings. The number of hydrogen-bond donors (Lipinski definition) is 1. The summed E-state index contributed by atoms with van der Waals surface area (Å²) in [5.41, 5.74) is 0. The molecule has 0 spiro atoms. The van der Waals surface area contributed by atoms with Crippen LogP contribution < -0.4 is 4.72 Å². The van der Waals surface area contributed by atoms with E-state index in [1.54, 1.807) is 0 Å². The van der Waals surface area contributed by atoms with E-state index in [1.165, 1.54) is 19.3 Å². The minimum Gasteiger partial charge on any atom is -0.207 e. The summed E-state index contributed by atoms with van der Waals surface area (Å²) in [7, 11) is -3.97. The molecule has 2 bridgehead atoms. The van der Waals surface area contributed by atoms with Crippen LogP contribution in [-0.4, -0.2) is 14.5 Å². The minimum atomic E-state index is -3.97. The molecule has 0 aliphatic heterocycles. The smallest absolute Gasteiger partial charge is 0.207 e. The van der Waals surface area contributed by atoms with Gasteiger partial charge in [-0.3, -0.25) is 0 Å². The molecule has 0 radical (unpaired) electrons. The molecule has 0 amide bonds. The number of hydrogen-bond acceptors (Lipinski definition) is 2. The first-order valence-electron chi connectivity index (χ1n) is 7.05. The van der Waals surface area contributed by atoms with E-state index in [0.29, 0.717) is 29.7 Å². The lowest BCUT2D eigenvalue weighted by molar-refractivity contribution is 0.456. The Morgan fingerprint density at radius 1 is 1.14 bits per heavy atom. The lowest BCUT2D eigenvalue weighted by Crippen LogP contribution is -2.31. The predicted octanol–water partition coefficient (Wildman–Crippen LogP) is 3.05. The van der Waals surface area contributed by atoms with Crippen LogP contribution in [0.3, 0.4) is 0 Å². The molecular formula is C14H14BrF2NO2S. The molecule has 21 heavy (non-hydrogen) atoms. The van der Waals surface area contributed by atoms with Gasteiger partial charge in [0.1, 0.15) is 16.5 Å². The minimum absolute atomic E-state index is 0.0717. The van der Waals surface area contributed by atoms with E-state index >= 15 is 0 Å². The van der Waals surface area contributed by atoms with Crippen molar-refractivity contribution in [2.75, 3.05) is 0 Å². The Labute approximate surface area is 130 Å². The van der Waals surface area contributed by atoms with E-state index in [1.807, 2.05) is 0 Å². The molecule has 7 heteroatoms. The maximum atomic E-state index is 13.8. The highest BCUT2D eigenvalue weighted by Crippen LogP contribution is 2.65. The highest BCUT2D eigenvalue weighted by molar-refractivity contribution is 9.10. The Bertz CT molecular complexity index is 685. The number of nitrogens with one attached hydrogen (secondary N) is 1. The van der Waals surface area contributed by atoms with Crippen molar-refractivity contribution in [1.29, 1.82) is 0 Å². The number of fused-ring (bicyclic) bond motifs is 5. The molecule has 0 aromatic heterocycles. The molecule has 4 rings (SSSR count). The van der Waals surface area contributed by atoms with Crippen molar-refractivity contribution in [3.63, 3.8) is 0 Å². The predicted molar refractivity (Wildman–Crippen MR) is 76.0 cm³/mol. The van der Waals surface area contributed by atoms with E-state index in [-0.39, 0.29) is 10.5 Å². The average Bonchev–Trinajstić information content (AvgIpc) is 2.77. The van der Waals surface area contributed by atoms with Gasteiger partial charge in [-0.1, -0.05) is 0 Å². The lowest BCUT2D eigenvalue weighted by Gasteiger charge is -2.13. The molecule has 3 aliphatic carbocycles. The van der Waals surface area contributed by atoms with Crippen molar-refractivity contribution in [3.8, 4) is 0 Å². The monoisotopic (exact) mass is 377 g/mol. The third-order valence-electron chi connectivity index (χ3n) is 5.26. The molecule has 3 fully saturated rings. The molecule has 4 unspecified atom stereocenters. The van der Waals surface area contributed by atoms with Crippen LogP contribution in [0.25, 0.3) is 0 Å². The van der Waals surface area contributed by atoms with Gasteiger partial charge >= 0.3 is 0 Å². The summed E-state index contributed by atoms with van der Waals surface area (Å²) in [6.07, 6.45) is 3.57. The van der Waals surface area contributed by atoms with E-state index in [9.17, 15) is 17.2 Å². The summed E-state index contributed by atoms with van der Waals surface area (Å²) in [5.74, 6) is 0.202. The third kappa shape index (κ3) is 2.08. The van der Waals surface area contributed by atoms with Crippen LogP contribution in [0.5, 0.6) is 0 Å². The Kier molecular flexibility index (Phi) is 3.01. The van der Waals surface area contributed by atoms with Gasteiger partial charge in [-0.15, -0.1) is 0 Å². The Morgan fingerprint density at radius 2 is 1.76 bits per heavy atom. The van der Waals surface area contributed by atoms with Gasteiger partial charge in [0.2, 0.25) is 10.0 Å². The van der Waals surface area contributed by atoms with Crippen molar-refractivity contribution in [2.24, 2.45) is 23.7 Å². The largest absolute Gasteiger partial charge is 0.244 e. The van der Waals surface area contributed by atoms with Crippen molar-refractivity contribution >= 4 is 26.0 Å². The molecule has 1 N–H and O–H groups in total. The summed E-state index contributed by atoms with van der Waals surface area (Å²) in [6, 6.07) is 1.49. The highest BCUT2D eigenvalue weighted by atomic mass is 79.9. The van der Waals surface area contributed by atoms with Gasteiger partial charge in [-0.05, 0) is 64.9 Å². The Hall–Kier alpha value is -0.530. The first-order valence-corrected chi connectivity index (χ1v) is 9.33. The number of sulfonamides is 1. The van der Waals surface area contributed by atoms with Crippen molar-refractivity contribution < 1.29 is 17.2 Å². The lowest BCUT2D eigenvalue weighted by atomic mass is 10.0. The van der Waals surface area contributed by atoms with E-state index in [2.05, 4.69) is 20.7 Å². The summed E-state index contributed by atoms with van der Waals surface area (Å²) < 4.78 is 54.3. The summed E-state index contributed by atoms with van der Waals surface area (Å²) in [4.78, 5) is -0.499. The quantitative estimate of drug-likeness (QED) is 0.879. The van der Waals surface area contributed by atoms with Gasteiger partial charge in [0.25, 0.3) is 0 Å². The molecule has 0 heterocycles. The van der Waals surface area contributed by atoms with Crippen molar-refractivity contribution in [1.82, 2.24) is 4.72 Å². The van der Waals surface area contributed by atoms with Gasteiger partial charge in [-0.25, -0.2) is 21.9 Å². The topological polar surface area (TPSA) is 46.2 Å². The Balaban J connectivity index is 1.61. The van der Waals surface area contributed by atoms with Gasteiger partial charge in [0, 0.05) is 16.6 Å². The van der Waals surface area contributed by atoms with Crippen LogP contribution in [0, 0.1) is 35.3 Å². The zero-order valence-corrected chi connectivity index (χ0v) is 13.4. The highest BCUT2D eigenvalue weighted by Gasteiger charge is 2.65. The van der Waals surface area contributed by atoms with Crippen molar-refractivity contribution in [2.45, 2.75) is 30.2 Å². The van der Waals surface area contributed by atoms with Gasteiger partial charge in [0.05, 0.1) is 0 Å². The molecule has 4 atom stereocenters. The summed E-state index contributed by atoms with van der Waals surface area (Å²) in [5, 5.41) is 0. The van der Waals surface area contributed by atoms with Crippen LogP contribution in [0.1, 0.15) is 19.3 Å². The van der Waals surface area contributed by atoms with Gasteiger partial charge in [0.15, 0.2) is 0 Å².